The quantitative estimate of drug-likeness (QED) is 0.577. The molecule has 2 heterocycles. The third kappa shape index (κ3) is 5.25. The number of aromatic nitrogens is 2. The number of rotatable bonds is 7. The van der Waals surface area contributed by atoms with Crippen molar-refractivity contribution in [3.05, 3.63) is 75.7 Å². The molecule has 1 saturated heterocycles. The van der Waals surface area contributed by atoms with Crippen molar-refractivity contribution in [3.63, 3.8) is 0 Å². The average molecular weight is 441 g/mol. The Morgan fingerprint density at radius 2 is 1.87 bits per heavy atom. The lowest BCUT2D eigenvalue weighted by Gasteiger charge is -2.22. The Balaban J connectivity index is 1.44. The minimum absolute atomic E-state index is 0.118. The van der Waals surface area contributed by atoms with E-state index in [4.69, 9.17) is 26.8 Å². The Morgan fingerprint density at radius 1 is 1.16 bits per heavy atom. The Bertz CT molecular complexity index is 1060. The molecule has 1 atom stereocenters. The molecule has 1 aromatic heterocycles. The number of benzene rings is 2. The van der Waals surface area contributed by atoms with Gasteiger partial charge in [-0.3, -0.25) is 4.79 Å². The zero-order chi connectivity index (χ0) is 21.6. The highest BCUT2D eigenvalue weighted by atomic mass is 35.5. The van der Waals surface area contributed by atoms with Gasteiger partial charge in [0.2, 0.25) is 0 Å². The van der Waals surface area contributed by atoms with Gasteiger partial charge in [-0.05, 0) is 60.7 Å². The number of hydrogen-bond acceptors (Lipinski definition) is 6. The fourth-order valence-corrected chi connectivity index (χ4v) is 3.64. The van der Waals surface area contributed by atoms with E-state index in [0.29, 0.717) is 41.9 Å². The summed E-state index contributed by atoms with van der Waals surface area (Å²) < 4.78 is 12.6. The third-order valence-corrected chi connectivity index (χ3v) is 5.60. The van der Waals surface area contributed by atoms with Crippen LogP contribution in [0.25, 0.3) is 5.69 Å². The molecular formula is C23H25ClN4O3. The Hall–Kier alpha value is -2.87. The number of ether oxygens (including phenoxy) is 2. The van der Waals surface area contributed by atoms with Crippen LogP contribution in [0.1, 0.15) is 18.4 Å². The Morgan fingerprint density at radius 3 is 2.52 bits per heavy atom. The van der Waals surface area contributed by atoms with Crippen molar-refractivity contribution < 1.29 is 9.47 Å². The fourth-order valence-electron chi connectivity index (χ4n) is 3.45. The fraction of sp³-hybridized carbons (Fsp3) is 0.304. The molecule has 4 rings (SSSR count). The molecule has 0 unspecified atom stereocenters. The van der Waals surface area contributed by atoms with Gasteiger partial charge in [-0.2, -0.15) is 9.78 Å². The predicted molar refractivity (Wildman–Crippen MR) is 121 cm³/mol. The molecule has 0 saturated carbocycles. The van der Waals surface area contributed by atoms with Gasteiger partial charge in [0.1, 0.15) is 16.5 Å². The second-order valence-electron chi connectivity index (χ2n) is 7.50. The molecule has 31 heavy (non-hydrogen) atoms. The number of halogens is 1. The summed E-state index contributed by atoms with van der Waals surface area (Å²) in [6.45, 7) is 2.73. The van der Waals surface area contributed by atoms with E-state index in [2.05, 4.69) is 10.4 Å². The molecule has 1 aliphatic heterocycles. The smallest absolute Gasteiger partial charge is 0.292 e. The molecule has 7 nitrogen and oxygen atoms in total. The van der Waals surface area contributed by atoms with Crippen LogP contribution in [0.15, 0.2) is 59.5 Å². The summed E-state index contributed by atoms with van der Waals surface area (Å²) in [4.78, 5) is 12.7. The highest BCUT2D eigenvalue weighted by molar-refractivity contribution is 6.32. The van der Waals surface area contributed by atoms with E-state index in [1.165, 1.54) is 4.68 Å². The van der Waals surface area contributed by atoms with Gasteiger partial charge in [-0.1, -0.05) is 23.7 Å². The van der Waals surface area contributed by atoms with Crippen LogP contribution in [-0.4, -0.2) is 29.5 Å². The molecule has 1 aliphatic rings. The lowest BCUT2D eigenvalue weighted by molar-refractivity contribution is 0.0595. The van der Waals surface area contributed by atoms with Crippen molar-refractivity contribution in [3.8, 4) is 17.2 Å². The van der Waals surface area contributed by atoms with E-state index in [0.717, 1.165) is 31.6 Å². The maximum Gasteiger partial charge on any atom is 0.292 e. The van der Waals surface area contributed by atoms with E-state index in [-0.39, 0.29) is 10.6 Å². The second-order valence-corrected chi connectivity index (χ2v) is 7.88. The zero-order valence-corrected chi connectivity index (χ0v) is 17.8. The maximum atomic E-state index is 12.7. The van der Waals surface area contributed by atoms with Crippen molar-refractivity contribution in [2.45, 2.75) is 19.4 Å². The van der Waals surface area contributed by atoms with Crippen LogP contribution >= 0.6 is 11.6 Å². The van der Waals surface area contributed by atoms with Gasteiger partial charge in [0.05, 0.1) is 24.2 Å². The van der Waals surface area contributed by atoms with E-state index in [1.54, 1.807) is 30.5 Å². The van der Waals surface area contributed by atoms with Crippen LogP contribution in [0.4, 0.5) is 5.69 Å². The van der Waals surface area contributed by atoms with Crippen LogP contribution < -0.4 is 21.3 Å². The zero-order valence-electron chi connectivity index (χ0n) is 17.1. The lowest BCUT2D eigenvalue weighted by atomic mass is 10.0. The standard InChI is InChI=1S/C23H25ClN4O3/c24-22-21(26-13-17-2-1-11-30-15-17)14-27-28(23(22)29)18-5-9-20(10-6-18)31-19-7-3-16(12-25)4-8-19/h3-10,14,17,26H,1-2,11-13,15,25H2/t17-/m1/s1. The second kappa shape index (κ2) is 9.96. The van der Waals surface area contributed by atoms with Gasteiger partial charge in [0, 0.05) is 19.7 Å². The van der Waals surface area contributed by atoms with Crippen LogP contribution in [0.2, 0.25) is 5.02 Å². The van der Waals surface area contributed by atoms with Gasteiger partial charge in [-0.25, -0.2) is 0 Å². The molecule has 0 radical (unpaired) electrons. The molecule has 162 valence electrons. The minimum Gasteiger partial charge on any atom is -0.457 e. The summed E-state index contributed by atoms with van der Waals surface area (Å²) in [5, 5.41) is 7.63. The SMILES string of the molecule is NCc1ccc(Oc2ccc(-n3ncc(NC[C@H]4CCCOC4)c(Cl)c3=O)cc2)cc1. The van der Waals surface area contributed by atoms with E-state index >= 15 is 0 Å². The summed E-state index contributed by atoms with van der Waals surface area (Å²) in [6.07, 6.45) is 3.73. The van der Waals surface area contributed by atoms with Crippen molar-refractivity contribution >= 4 is 17.3 Å². The van der Waals surface area contributed by atoms with Crippen molar-refractivity contribution in [2.75, 3.05) is 25.1 Å². The molecule has 0 spiro atoms. The van der Waals surface area contributed by atoms with Crippen molar-refractivity contribution in [1.82, 2.24) is 9.78 Å². The highest BCUT2D eigenvalue weighted by Gasteiger charge is 2.16. The number of nitrogens with two attached hydrogens (primary N) is 1. The molecular weight excluding hydrogens is 416 g/mol. The summed E-state index contributed by atoms with van der Waals surface area (Å²) in [5.74, 6) is 1.77. The predicted octanol–water partition coefficient (Wildman–Crippen LogP) is 3.98. The molecule has 0 amide bonds. The molecule has 0 aliphatic carbocycles. The normalized spacial score (nSPS) is 16.1. The maximum absolute atomic E-state index is 12.7. The Kier molecular flexibility index (Phi) is 6.86. The molecule has 3 aromatic rings. The van der Waals surface area contributed by atoms with E-state index in [1.807, 2.05) is 24.3 Å². The lowest BCUT2D eigenvalue weighted by Crippen LogP contribution is -2.26. The number of hydrogen-bond donors (Lipinski definition) is 2. The van der Waals surface area contributed by atoms with Gasteiger partial charge < -0.3 is 20.5 Å². The first-order chi connectivity index (χ1) is 15.1. The third-order valence-electron chi connectivity index (χ3n) is 5.23. The van der Waals surface area contributed by atoms with Crippen LogP contribution in [0.5, 0.6) is 11.5 Å². The van der Waals surface area contributed by atoms with Gasteiger partial charge in [-0.15, -0.1) is 0 Å². The minimum atomic E-state index is -0.377. The highest BCUT2D eigenvalue weighted by Crippen LogP contribution is 2.24. The topological polar surface area (TPSA) is 91.4 Å². The summed E-state index contributed by atoms with van der Waals surface area (Å²) in [7, 11) is 0. The summed E-state index contributed by atoms with van der Waals surface area (Å²) in [6, 6.07) is 14.7. The Labute approximate surface area is 185 Å². The number of anilines is 1. The molecule has 8 heteroatoms. The van der Waals surface area contributed by atoms with Crippen LogP contribution in [-0.2, 0) is 11.3 Å². The van der Waals surface area contributed by atoms with Crippen molar-refractivity contribution in [2.24, 2.45) is 11.7 Å². The van der Waals surface area contributed by atoms with E-state index in [9.17, 15) is 4.79 Å². The van der Waals surface area contributed by atoms with Gasteiger partial charge in [0.15, 0.2) is 0 Å². The van der Waals surface area contributed by atoms with Crippen molar-refractivity contribution in [1.29, 1.82) is 0 Å². The van der Waals surface area contributed by atoms with Crippen LogP contribution in [0.3, 0.4) is 0 Å². The van der Waals surface area contributed by atoms with Crippen LogP contribution in [0, 0.1) is 5.92 Å². The number of nitrogens with one attached hydrogen (secondary N) is 1. The number of nitrogens with zero attached hydrogens (tertiary/aromatic N) is 2. The first kappa shape index (κ1) is 21.4. The van der Waals surface area contributed by atoms with Gasteiger partial charge in [0.25, 0.3) is 5.56 Å². The van der Waals surface area contributed by atoms with E-state index < -0.39 is 0 Å². The average Bonchev–Trinajstić information content (AvgIpc) is 2.82. The molecule has 1 fully saturated rings. The van der Waals surface area contributed by atoms with Gasteiger partial charge >= 0.3 is 0 Å². The summed E-state index contributed by atoms with van der Waals surface area (Å²) >= 11 is 6.33. The monoisotopic (exact) mass is 440 g/mol. The first-order valence-electron chi connectivity index (χ1n) is 10.3. The first-order valence-corrected chi connectivity index (χ1v) is 10.7. The summed E-state index contributed by atoms with van der Waals surface area (Å²) in [5.41, 5.74) is 7.41. The largest absolute Gasteiger partial charge is 0.457 e. The molecule has 0 bridgehead atoms. The molecule has 2 aromatic carbocycles. The molecule has 3 N–H and O–H groups in total.